The molecule has 0 saturated carbocycles. The van der Waals surface area contributed by atoms with Crippen molar-refractivity contribution in [2.24, 2.45) is 0 Å². The molecule has 25 rings (SSSR count). The lowest BCUT2D eigenvalue weighted by Gasteiger charge is -2.27. The van der Waals surface area contributed by atoms with E-state index in [-0.39, 0.29) is 0 Å². The topological polar surface area (TPSA) is 16.3 Å². The summed E-state index contributed by atoms with van der Waals surface area (Å²) < 4.78 is 4.86. The first-order chi connectivity index (χ1) is 66.5. The number of para-hydroxylation sites is 3. The average molecular weight is 1700 g/mol. The number of aromatic nitrogens is 2. The standard InChI is InChI=1S/C130H86N4/c1-6-30-87(31-7-1)88-58-60-89(61-59-88)91-66-75-103(76-67-91)132(106-81-72-97(73-82-106)128-118-51-23-19-47-114(118)112-45-17-21-49-116(112)126(128)95-34-10-3-11-35-95)108-43-27-37-100(85-108)110-54-29-57-123-130(110)120-83-74-98(86-124(120)134(123)102-40-14-5-15-41-102)93-64-62-90(63-65-93)92-68-77-104(78-69-92)131(107-42-26-36-99(84-107)109-53-28-56-122-129(109)119-52-24-25-55-121(119)133(122)101-38-12-4-13-39-101)105-79-70-96(71-80-105)127-117-50-22-18-46-113(117)111-44-16-20-48-115(111)125(127)94-32-8-2-9-33-94/h1-86H. The summed E-state index contributed by atoms with van der Waals surface area (Å²) in [5.74, 6) is 0. The maximum atomic E-state index is 2.46. The minimum Gasteiger partial charge on any atom is -0.310 e. The Labute approximate surface area is 778 Å². The molecule has 0 aliphatic carbocycles. The minimum atomic E-state index is 1.05. The molecule has 0 fully saturated rings. The Morgan fingerprint density at radius 1 is 0.127 bits per heavy atom. The molecule has 0 aliphatic rings. The molecule has 0 aliphatic heterocycles. The van der Waals surface area contributed by atoms with E-state index in [1.807, 2.05) is 0 Å². The van der Waals surface area contributed by atoms with Crippen molar-refractivity contribution < 1.29 is 0 Å². The van der Waals surface area contributed by atoms with Crippen LogP contribution in [0.2, 0.25) is 0 Å². The van der Waals surface area contributed by atoms with Gasteiger partial charge in [-0.1, -0.05) is 400 Å². The lowest BCUT2D eigenvalue weighted by molar-refractivity contribution is 1.18. The van der Waals surface area contributed by atoms with Crippen molar-refractivity contribution in [1.29, 1.82) is 0 Å². The van der Waals surface area contributed by atoms with Crippen LogP contribution in [0.15, 0.2) is 522 Å². The maximum Gasteiger partial charge on any atom is 0.0547 e. The SMILES string of the molecule is c1ccc(-c2ccc(-c3ccc(N(c4ccc(-c5c(-c6ccccc6)c6ccccc6c6ccccc56)cc4)c4cccc(-c5cccc6c5c5ccc(-c7ccc(-c8ccc(N(c9ccc(-c%10c(-c%11ccccc%11)c%11ccccc%11c%11ccccc%10%11)cc9)c9cccc(-c%10cccc%11c%10c%10ccccc%10n%11-c%10ccccc%10)c9)cc8)cc7)cc5n6-c5ccccc5)c4)cc3)cc2)cc1. The van der Waals surface area contributed by atoms with E-state index < -0.39 is 0 Å². The second kappa shape index (κ2) is 33.4. The number of fused-ring (bicyclic) bond motifs is 12. The fourth-order valence-corrected chi connectivity index (χ4v) is 21.2. The monoisotopic (exact) mass is 1700 g/mol. The Balaban J connectivity index is 0.571. The summed E-state index contributed by atoms with van der Waals surface area (Å²) in [7, 11) is 0. The van der Waals surface area contributed by atoms with Crippen LogP contribution in [0, 0.1) is 0 Å². The number of hydrogen-bond acceptors (Lipinski definition) is 2. The van der Waals surface area contributed by atoms with Crippen LogP contribution < -0.4 is 9.80 Å². The minimum absolute atomic E-state index is 1.05. The third kappa shape index (κ3) is 13.8. The highest BCUT2D eigenvalue weighted by molar-refractivity contribution is 6.24. The lowest BCUT2D eigenvalue weighted by Crippen LogP contribution is -2.10. The molecule has 25 aromatic rings. The van der Waals surface area contributed by atoms with Gasteiger partial charge >= 0.3 is 0 Å². The molecule has 2 heterocycles. The van der Waals surface area contributed by atoms with Crippen LogP contribution >= 0.6 is 0 Å². The van der Waals surface area contributed by atoms with Gasteiger partial charge in [-0.25, -0.2) is 0 Å². The van der Waals surface area contributed by atoms with Gasteiger partial charge in [0.15, 0.2) is 0 Å². The van der Waals surface area contributed by atoms with Gasteiger partial charge < -0.3 is 18.9 Å². The van der Waals surface area contributed by atoms with E-state index in [1.54, 1.807) is 0 Å². The summed E-state index contributed by atoms with van der Waals surface area (Å²) in [5, 5.41) is 14.7. The largest absolute Gasteiger partial charge is 0.310 e. The van der Waals surface area contributed by atoms with Gasteiger partial charge in [0, 0.05) is 67.0 Å². The molecule has 0 saturated heterocycles. The zero-order chi connectivity index (χ0) is 88.5. The zero-order valence-corrected chi connectivity index (χ0v) is 73.4. The molecule has 134 heavy (non-hydrogen) atoms. The van der Waals surface area contributed by atoms with Crippen molar-refractivity contribution in [3.63, 3.8) is 0 Å². The molecule has 0 N–H and O–H groups in total. The number of anilines is 6. The number of benzene rings is 23. The highest BCUT2D eigenvalue weighted by Gasteiger charge is 2.26. The molecule has 0 spiro atoms. The van der Waals surface area contributed by atoms with Crippen LogP contribution in [-0.2, 0) is 0 Å². The summed E-state index contributed by atoms with van der Waals surface area (Å²) in [6.45, 7) is 0. The van der Waals surface area contributed by atoms with E-state index in [4.69, 9.17) is 0 Å². The normalized spacial score (nSPS) is 11.6. The van der Waals surface area contributed by atoms with Crippen molar-refractivity contribution in [3.05, 3.63) is 522 Å². The highest BCUT2D eigenvalue weighted by Crippen LogP contribution is 2.51. The smallest absolute Gasteiger partial charge is 0.0547 e. The van der Waals surface area contributed by atoms with Gasteiger partial charge in [0.1, 0.15) is 0 Å². The Hall–Kier alpha value is -17.7. The number of rotatable bonds is 18. The highest BCUT2D eigenvalue weighted by atomic mass is 15.1. The fourth-order valence-electron chi connectivity index (χ4n) is 21.2. The van der Waals surface area contributed by atoms with Crippen LogP contribution in [0.3, 0.4) is 0 Å². The van der Waals surface area contributed by atoms with Gasteiger partial charge in [0.25, 0.3) is 0 Å². The van der Waals surface area contributed by atoms with Crippen LogP contribution in [0.1, 0.15) is 0 Å². The molecular formula is C130H86N4. The summed E-state index contributed by atoms with van der Waals surface area (Å²) in [5.41, 5.74) is 36.6. The molecule has 23 aromatic carbocycles. The number of nitrogens with zero attached hydrogens (tertiary/aromatic N) is 4. The van der Waals surface area contributed by atoms with Crippen LogP contribution in [-0.4, -0.2) is 9.13 Å². The summed E-state index contributed by atoms with van der Waals surface area (Å²) in [6.07, 6.45) is 0. The molecule has 4 heteroatoms. The van der Waals surface area contributed by atoms with Gasteiger partial charge in [-0.2, -0.15) is 0 Å². The van der Waals surface area contributed by atoms with Crippen molar-refractivity contribution >= 4 is 121 Å². The van der Waals surface area contributed by atoms with Crippen molar-refractivity contribution in [2.45, 2.75) is 0 Å². The Morgan fingerprint density at radius 3 is 0.731 bits per heavy atom. The molecule has 2 aromatic heterocycles. The van der Waals surface area contributed by atoms with Crippen LogP contribution in [0.25, 0.3) is 209 Å². The van der Waals surface area contributed by atoms with E-state index in [0.717, 1.165) is 112 Å². The average Bonchev–Trinajstić information content (AvgIpc) is 1.16. The van der Waals surface area contributed by atoms with E-state index in [0.29, 0.717) is 0 Å². The quantitative estimate of drug-likeness (QED) is 0.0796. The van der Waals surface area contributed by atoms with E-state index in [1.165, 1.54) is 131 Å². The van der Waals surface area contributed by atoms with Crippen LogP contribution in [0.4, 0.5) is 34.1 Å². The van der Waals surface area contributed by atoms with Gasteiger partial charge in [0.2, 0.25) is 0 Å². The van der Waals surface area contributed by atoms with Crippen molar-refractivity contribution in [3.8, 4) is 123 Å². The fraction of sp³-hybridized carbons (Fsp3) is 0. The lowest BCUT2D eigenvalue weighted by atomic mass is 9.85. The first-order valence-electron chi connectivity index (χ1n) is 46.2. The van der Waals surface area contributed by atoms with Gasteiger partial charge in [0.05, 0.1) is 22.1 Å². The van der Waals surface area contributed by atoms with E-state index in [2.05, 4.69) is 541 Å². The Morgan fingerprint density at radius 2 is 0.366 bits per heavy atom. The van der Waals surface area contributed by atoms with Gasteiger partial charge in [-0.05, 0) is 276 Å². The third-order valence-corrected chi connectivity index (χ3v) is 27.3. The molecule has 4 nitrogen and oxygen atoms in total. The van der Waals surface area contributed by atoms with E-state index in [9.17, 15) is 0 Å². The predicted octanol–water partition coefficient (Wildman–Crippen LogP) is 36.1. The first-order valence-corrected chi connectivity index (χ1v) is 46.2. The number of hydrogen-bond donors (Lipinski definition) is 0. The molecule has 0 unspecified atom stereocenters. The van der Waals surface area contributed by atoms with Crippen molar-refractivity contribution in [1.82, 2.24) is 9.13 Å². The Kier molecular flexibility index (Phi) is 19.6. The molecule has 0 amide bonds. The van der Waals surface area contributed by atoms with Gasteiger partial charge in [-0.15, -0.1) is 0 Å². The molecule has 0 radical (unpaired) electrons. The van der Waals surface area contributed by atoms with Crippen LogP contribution in [0.5, 0.6) is 0 Å². The second-order valence-electron chi connectivity index (χ2n) is 34.9. The summed E-state index contributed by atoms with van der Waals surface area (Å²) >= 11 is 0. The van der Waals surface area contributed by atoms with Gasteiger partial charge in [-0.3, -0.25) is 0 Å². The maximum absolute atomic E-state index is 2.46. The van der Waals surface area contributed by atoms with Crippen molar-refractivity contribution in [2.75, 3.05) is 9.80 Å². The molecular weight excluding hydrogens is 1620 g/mol. The zero-order valence-electron chi connectivity index (χ0n) is 73.4. The Bertz CT molecular complexity index is 8770. The first kappa shape index (κ1) is 78.5. The predicted molar refractivity (Wildman–Crippen MR) is 569 cm³/mol. The molecule has 0 bridgehead atoms. The molecule has 626 valence electrons. The third-order valence-electron chi connectivity index (χ3n) is 27.3. The summed E-state index contributed by atoms with van der Waals surface area (Å²) in [6, 6.07) is 192. The van der Waals surface area contributed by atoms with E-state index >= 15 is 0 Å². The molecule has 0 atom stereocenters. The summed E-state index contributed by atoms with van der Waals surface area (Å²) in [4.78, 5) is 4.85. The second-order valence-corrected chi connectivity index (χ2v) is 34.9.